The first-order valence-electron chi connectivity index (χ1n) is 11.2. The highest BCUT2D eigenvalue weighted by Gasteiger charge is 2.55. The van der Waals surface area contributed by atoms with Crippen LogP contribution in [-0.2, 0) is 0 Å². The third kappa shape index (κ3) is 2.90. The van der Waals surface area contributed by atoms with Gasteiger partial charge in [-0.3, -0.25) is 5.01 Å². The molecule has 1 heterocycles. The normalized spacial score (nSPS) is 38.0. The zero-order valence-electron chi connectivity index (χ0n) is 16.4. The van der Waals surface area contributed by atoms with Crippen molar-refractivity contribution in [1.29, 1.82) is 0 Å². The van der Waals surface area contributed by atoms with E-state index in [0.29, 0.717) is 11.5 Å². The Morgan fingerprint density at radius 2 is 1.62 bits per heavy atom. The zero-order chi connectivity index (χ0) is 17.6. The van der Waals surface area contributed by atoms with Crippen LogP contribution in [0.5, 0.6) is 0 Å². The van der Waals surface area contributed by atoms with E-state index in [4.69, 9.17) is 5.10 Å². The van der Waals surface area contributed by atoms with Crippen LogP contribution in [0.1, 0.15) is 82.6 Å². The van der Waals surface area contributed by atoms with E-state index < -0.39 is 0 Å². The van der Waals surface area contributed by atoms with E-state index in [0.717, 1.165) is 24.3 Å². The number of nitrogens with zero attached hydrogens (tertiary/aromatic N) is 2. The Kier molecular flexibility index (Phi) is 4.33. The fourth-order valence-corrected chi connectivity index (χ4v) is 6.99. The standard InChI is InChI=1S/C24H34N2/c1-2-3-5-10-23-22(21-8-6-4-7-9-21)17-26(25-23)24-14-18-11-19(15-24)13-20(12-18)16-24/h4,6-9,18-20,22H,2-3,5,10-17H2,1H3. The minimum Gasteiger partial charge on any atom is -0.290 e. The van der Waals surface area contributed by atoms with Crippen molar-refractivity contribution in [2.24, 2.45) is 22.9 Å². The summed E-state index contributed by atoms with van der Waals surface area (Å²) in [7, 11) is 0. The molecule has 1 aromatic carbocycles. The van der Waals surface area contributed by atoms with Gasteiger partial charge in [0, 0.05) is 18.2 Å². The number of hydrogen-bond acceptors (Lipinski definition) is 2. The average molecular weight is 351 g/mol. The highest BCUT2D eigenvalue weighted by atomic mass is 15.5. The number of benzene rings is 1. The lowest BCUT2D eigenvalue weighted by Gasteiger charge is -2.59. The summed E-state index contributed by atoms with van der Waals surface area (Å²) in [5, 5.41) is 7.98. The molecule has 140 valence electrons. The molecule has 6 rings (SSSR count). The maximum absolute atomic E-state index is 5.36. The smallest absolute Gasteiger partial charge is 0.0587 e. The lowest BCUT2D eigenvalue weighted by Crippen LogP contribution is -2.58. The van der Waals surface area contributed by atoms with Crippen molar-refractivity contribution in [3.8, 4) is 0 Å². The van der Waals surface area contributed by atoms with Crippen LogP contribution in [0.4, 0.5) is 0 Å². The van der Waals surface area contributed by atoms with Crippen molar-refractivity contribution in [3.05, 3.63) is 35.9 Å². The molecule has 2 nitrogen and oxygen atoms in total. The van der Waals surface area contributed by atoms with Gasteiger partial charge in [-0.2, -0.15) is 5.10 Å². The van der Waals surface area contributed by atoms with Gasteiger partial charge in [0.2, 0.25) is 0 Å². The second-order valence-electron chi connectivity index (χ2n) is 9.74. The van der Waals surface area contributed by atoms with E-state index in [9.17, 15) is 0 Å². The highest BCUT2D eigenvalue weighted by Crippen LogP contribution is 2.58. The van der Waals surface area contributed by atoms with Crippen LogP contribution in [-0.4, -0.2) is 22.8 Å². The molecule has 1 unspecified atom stereocenters. The predicted octanol–water partition coefficient (Wildman–Crippen LogP) is 5.99. The second-order valence-corrected chi connectivity index (χ2v) is 9.74. The van der Waals surface area contributed by atoms with Gasteiger partial charge in [-0.1, -0.05) is 50.1 Å². The molecule has 0 radical (unpaired) electrons. The van der Waals surface area contributed by atoms with Crippen LogP contribution in [0.2, 0.25) is 0 Å². The molecule has 1 aliphatic heterocycles. The van der Waals surface area contributed by atoms with Gasteiger partial charge >= 0.3 is 0 Å². The van der Waals surface area contributed by atoms with Crippen LogP contribution in [0.3, 0.4) is 0 Å². The molecule has 1 aromatic rings. The molecule has 1 atom stereocenters. The predicted molar refractivity (Wildman–Crippen MR) is 108 cm³/mol. The third-order valence-electron chi connectivity index (χ3n) is 7.80. The summed E-state index contributed by atoms with van der Waals surface area (Å²) in [5.74, 6) is 3.52. The molecule has 0 spiro atoms. The minimum atomic E-state index is 0.411. The number of hydrogen-bond donors (Lipinski definition) is 0. The first kappa shape index (κ1) is 16.8. The average Bonchev–Trinajstić information content (AvgIpc) is 3.07. The van der Waals surface area contributed by atoms with E-state index in [2.05, 4.69) is 42.3 Å². The van der Waals surface area contributed by atoms with Gasteiger partial charge in [0.15, 0.2) is 0 Å². The van der Waals surface area contributed by atoms with Crippen molar-refractivity contribution < 1.29 is 0 Å². The van der Waals surface area contributed by atoms with Crippen molar-refractivity contribution in [3.63, 3.8) is 0 Å². The van der Waals surface area contributed by atoms with Gasteiger partial charge in [-0.15, -0.1) is 0 Å². The van der Waals surface area contributed by atoms with Crippen LogP contribution >= 0.6 is 0 Å². The van der Waals surface area contributed by atoms with Crippen molar-refractivity contribution >= 4 is 5.71 Å². The molecule has 26 heavy (non-hydrogen) atoms. The topological polar surface area (TPSA) is 15.6 Å². The van der Waals surface area contributed by atoms with Gasteiger partial charge in [-0.05, 0) is 74.7 Å². The molecule has 0 saturated heterocycles. The van der Waals surface area contributed by atoms with Crippen LogP contribution in [0.15, 0.2) is 35.4 Å². The number of rotatable bonds is 6. The van der Waals surface area contributed by atoms with E-state index in [1.807, 2.05) is 0 Å². The monoisotopic (exact) mass is 350 g/mol. The summed E-state index contributed by atoms with van der Waals surface area (Å²) in [6, 6.07) is 11.2. The molecule has 2 heteroatoms. The number of hydrazone groups is 1. The molecular formula is C24H34N2. The maximum Gasteiger partial charge on any atom is 0.0587 e. The lowest BCUT2D eigenvalue weighted by molar-refractivity contribution is -0.0851. The Hall–Kier alpha value is -1.31. The minimum absolute atomic E-state index is 0.411. The first-order chi connectivity index (χ1) is 12.8. The van der Waals surface area contributed by atoms with Crippen LogP contribution in [0, 0.1) is 17.8 Å². The fraction of sp³-hybridized carbons (Fsp3) is 0.708. The van der Waals surface area contributed by atoms with Gasteiger partial charge in [-0.25, -0.2) is 0 Å². The summed E-state index contributed by atoms with van der Waals surface area (Å²) in [6.07, 6.45) is 13.9. The maximum atomic E-state index is 5.36. The summed E-state index contributed by atoms with van der Waals surface area (Å²) in [6.45, 7) is 3.44. The summed E-state index contributed by atoms with van der Waals surface area (Å²) in [4.78, 5) is 0. The third-order valence-corrected chi connectivity index (χ3v) is 7.80. The molecule has 4 bridgehead atoms. The Balaban J connectivity index is 1.41. The van der Waals surface area contributed by atoms with Gasteiger partial charge in [0.1, 0.15) is 0 Å². The van der Waals surface area contributed by atoms with E-state index in [1.165, 1.54) is 75.5 Å². The van der Waals surface area contributed by atoms with Gasteiger partial charge in [0.05, 0.1) is 5.54 Å². The SMILES string of the molecule is CCCCCC1=NN(C23CC4CC(CC(C4)C2)C3)CC1c1ccccc1. The summed E-state index contributed by atoms with van der Waals surface area (Å²) in [5.41, 5.74) is 3.37. The quantitative estimate of drug-likeness (QED) is 0.575. The summed E-state index contributed by atoms with van der Waals surface area (Å²) < 4.78 is 0. The van der Waals surface area contributed by atoms with Crippen molar-refractivity contribution in [2.45, 2.75) is 82.6 Å². The number of unbranched alkanes of at least 4 members (excludes halogenated alkanes) is 2. The molecule has 0 N–H and O–H groups in total. The van der Waals surface area contributed by atoms with Gasteiger partial charge < -0.3 is 0 Å². The first-order valence-corrected chi connectivity index (χ1v) is 11.2. The fourth-order valence-electron chi connectivity index (χ4n) is 6.99. The largest absolute Gasteiger partial charge is 0.290 e. The molecule has 0 amide bonds. The molecule has 4 saturated carbocycles. The van der Waals surface area contributed by atoms with Crippen molar-refractivity contribution in [2.75, 3.05) is 6.54 Å². The Morgan fingerprint density at radius 1 is 0.962 bits per heavy atom. The van der Waals surface area contributed by atoms with Crippen molar-refractivity contribution in [1.82, 2.24) is 5.01 Å². The molecule has 5 aliphatic rings. The Bertz CT molecular complexity index is 627. The van der Waals surface area contributed by atoms with E-state index >= 15 is 0 Å². The van der Waals surface area contributed by atoms with Crippen LogP contribution < -0.4 is 0 Å². The molecule has 4 aliphatic carbocycles. The zero-order valence-corrected chi connectivity index (χ0v) is 16.4. The van der Waals surface area contributed by atoms with E-state index in [1.54, 1.807) is 0 Å². The van der Waals surface area contributed by atoms with Crippen LogP contribution in [0.25, 0.3) is 0 Å². The Morgan fingerprint density at radius 3 is 2.23 bits per heavy atom. The molecule has 0 aromatic heterocycles. The molecular weight excluding hydrogens is 316 g/mol. The summed E-state index contributed by atoms with van der Waals surface area (Å²) >= 11 is 0. The lowest BCUT2D eigenvalue weighted by atomic mass is 9.52. The highest BCUT2D eigenvalue weighted by molar-refractivity contribution is 5.92. The van der Waals surface area contributed by atoms with E-state index in [-0.39, 0.29) is 0 Å². The Labute approximate surface area is 159 Å². The van der Waals surface area contributed by atoms with Gasteiger partial charge in [0.25, 0.3) is 0 Å². The second kappa shape index (κ2) is 6.69. The molecule has 4 fully saturated rings.